The first-order chi connectivity index (χ1) is 9.47. The largest absolute Gasteiger partial charge is 0.389 e. The maximum atomic E-state index is 5.66. The Hall–Kier alpha value is -0.910. The van der Waals surface area contributed by atoms with Crippen LogP contribution in [0.4, 0.5) is 5.69 Å². The first kappa shape index (κ1) is 15.5. The highest BCUT2D eigenvalue weighted by Crippen LogP contribution is 2.25. The third-order valence-corrected chi connectivity index (χ3v) is 4.34. The Morgan fingerprint density at radius 3 is 2.55 bits per heavy atom. The van der Waals surface area contributed by atoms with Crippen LogP contribution >= 0.6 is 44.1 Å². The van der Waals surface area contributed by atoms with E-state index in [0.717, 1.165) is 26.7 Å². The van der Waals surface area contributed by atoms with Crippen LogP contribution in [0, 0.1) is 0 Å². The Labute approximate surface area is 141 Å². The van der Waals surface area contributed by atoms with E-state index in [0.29, 0.717) is 4.99 Å². The molecule has 2 aromatic rings. The second kappa shape index (κ2) is 6.70. The summed E-state index contributed by atoms with van der Waals surface area (Å²) in [4.78, 5) is 2.58. The molecule has 0 heterocycles. The van der Waals surface area contributed by atoms with E-state index in [4.69, 9.17) is 18.0 Å². The van der Waals surface area contributed by atoms with Crippen molar-refractivity contribution in [3.63, 3.8) is 0 Å². The summed E-state index contributed by atoms with van der Waals surface area (Å²) in [5.41, 5.74) is 8.88. The molecule has 0 unspecified atom stereocenters. The Morgan fingerprint density at radius 1 is 1.20 bits per heavy atom. The number of anilines is 1. The number of halogens is 2. The van der Waals surface area contributed by atoms with Gasteiger partial charge in [0.05, 0.1) is 0 Å². The van der Waals surface area contributed by atoms with Gasteiger partial charge in [-0.25, -0.2) is 0 Å². The van der Waals surface area contributed by atoms with Crippen molar-refractivity contribution in [2.24, 2.45) is 5.73 Å². The van der Waals surface area contributed by atoms with E-state index in [2.05, 4.69) is 55.9 Å². The van der Waals surface area contributed by atoms with Crippen LogP contribution in [-0.4, -0.2) is 12.0 Å². The van der Waals surface area contributed by atoms with Gasteiger partial charge in [0.15, 0.2) is 0 Å². The summed E-state index contributed by atoms with van der Waals surface area (Å²) >= 11 is 12.0. The molecule has 2 nitrogen and oxygen atoms in total. The molecule has 0 atom stereocenters. The molecule has 0 aliphatic heterocycles. The van der Waals surface area contributed by atoms with Crippen LogP contribution in [0.2, 0.25) is 0 Å². The molecule has 0 saturated carbocycles. The van der Waals surface area contributed by atoms with Gasteiger partial charge in [-0.15, -0.1) is 0 Å². The van der Waals surface area contributed by atoms with Gasteiger partial charge in [0.25, 0.3) is 0 Å². The fraction of sp³-hybridized carbons (Fsp3) is 0.133. The Kier molecular flexibility index (Phi) is 5.18. The molecule has 2 aromatic carbocycles. The van der Waals surface area contributed by atoms with E-state index in [1.54, 1.807) is 0 Å². The smallest absolute Gasteiger partial charge is 0.105 e. The van der Waals surface area contributed by atoms with E-state index in [9.17, 15) is 0 Å². The van der Waals surface area contributed by atoms with Gasteiger partial charge in [-0.3, -0.25) is 0 Å². The van der Waals surface area contributed by atoms with Crippen LogP contribution < -0.4 is 10.6 Å². The summed E-state index contributed by atoms with van der Waals surface area (Å²) in [7, 11) is 2.06. The Bertz CT molecular complexity index is 644. The summed E-state index contributed by atoms with van der Waals surface area (Å²) in [5.74, 6) is 0. The van der Waals surface area contributed by atoms with Gasteiger partial charge >= 0.3 is 0 Å². The van der Waals surface area contributed by atoms with Gasteiger partial charge in [0, 0.05) is 33.8 Å². The summed E-state index contributed by atoms with van der Waals surface area (Å²) in [6.07, 6.45) is 0. The van der Waals surface area contributed by atoms with Crippen molar-refractivity contribution >= 4 is 54.8 Å². The zero-order valence-electron chi connectivity index (χ0n) is 10.9. The molecule has 0 bridgehead atoms. The maximum absolute atomic E-state index is 5.66. The monoisotopic (exact) mass is 412 g/mol. The average molecular weight is 414 g/mol. The SMILES string of the molecule is CN(Cc1cccc(Br)c1)c1ccc(C(N)=S)c(Br)c1. The number of nitrogens with zero attached hydrogens (tertiary/aromatic N) is 1. The molecule has 2 rings (SSSR count). The fourth-order valence-electron chi connectivity index (χ4n) is 1.94. The Balaban J connectivity index is 2.19. The molecule has 0 spiro atoms. The molecular weight excluding hydrogens is 400 g/mol. The zero-order chi connectivity index (χ0) is 14.7. The molecule has 5 heteroatoms. The third-order valence-electron chi connectivity index (χ3n) is 2.97. The second-order valence-corrected chi connectivity index (χ2v) is 6.72. The van der Waals surface area contributed by atoms with Gasteiger partial charge in [0.1, 0.15) is 4.99 Å². The van der Waals surface area contributed by atoms with Crippen molar-refractivity contribution in [3.8, 4) is 0 Å². The van der Waals surface area contributed by atoms with Gasteiger partial charge in [-0.1, -0.05) is 40.3 Å². The normalized spacial score (nSPS) is 10.3. The number of benzene rings is 2. The highest BCUT2D eigenvalue weighted by molar-refractivity contribution is 9.10. The predicted octanol–water partition coefficient (Wildman–Crippen LogP) is 4.48. The van der Waals surface area contributed by atoms with Crippen LogP contribution in [0.5, 0.6) is 0 Å². The summed E-state index contributed by atoms with van der Waals surface area (Å²) in [6.45, 7) is 0.832. The van der Waals surface area contributed by atoms with Crippen molar-refractivity contribution in [2.75, 3.05) is 11.9 Å². The highest BCUT2D eigenvalue weighted by atomic mass is 79.9. The third kappa shape index (κ3) is 3.81. The lowest BCUT2D eigenvalue weighted by atomic mass is 10.1. The lowest BCUT2D eigenvalue weighted by molar-refractivity contribution is 0.922. The first-order valence-electron chi connectivity index (χ1n) is 6.02. The van der Waals surface area contributed by atoms with E-state index in [1.807, 2.05) is 30.3 Å². The van der Waals surface area contributed by atoms with Crippen molar-refractivity contribution in [1.82, 2.24) is 0 Å². The molecule has 0 fully saturated rings. The number of hydrogen-bond acceptors (Lipinski definition) is 2. The number of hydrogen-bond donors (Lipinski definition) is 1. The first-order valence-corrected chi connectivity index (χ1v) is 8.02. The molecule has 0 amide bonds. The number of thiocarbonyl (C=S) groups is 1. The molecule has 0 saturated heterocycles. The van der Waals surface area contributed by atoms with Crippen LogP contribution in [-0.2, 0) is 6.54 Å². The van der Waals surface area contributed by atoms with Crippen LogP contribution in [0.1, 0.15) is 11.1 Å². The van der Waals surface area contributed by atoms with Gasteiger partial charge < -0.3 is 10.6 Å². The van der Waals surface area contributed by atoms with Crippen molar-refractivity contribution in [2.45, 2.75) is 6.54 Å². The lowest BCUT2D eigenvalue weighted by Crippen LogP contribution is -2.17. The summed E-state index contributed by atoms with van der Waals surface area (Å²) in [6, 6.07) is 14.3. The molecule has 2 N–H and O–H groups in total. The lowest BCUT2D eigenvalue weighted by Gasteiger charge is -2.20. The van der Waals surface area contributed by atoms with Crippen LogP contribution in [0.15, 0.2) is 51.4 Å². The zero-order valence-corrected chi connectivity index (χ0v) is 14.9. The van der Waals surface area contributed by atoms with E-state index >= 15 is 0 Å². The van der Waals surface area contributed by atoms with Crippen molar-refractivity contribution in [1.29, 1.82) is 0 Å². The van der Waals surface area contributed by atoms with Gasteiger partial charge in [-0.05, 0) is 51.8 Å². The molecule has 0 aliphatic carbocycles. The molecular formula is C15H14Br2N2S. The van der Waals surface area contributed by atoms with Crippen molar-refractivity contribution in [3.05, 3.63) is 62.5 Å². The molecule has 20 heavy (non-hydrogen) atoms. The van der Waals surface area contributed by atoms with Gasteiger partial charge in [-0.2, -0.15) is 0 Å². The van der Waals surface area contributed by atoms with Crippen molar-refractivity contribution < 1.29 is 0 Å². The Morgan fingerprint density at radius 2 is 1.95 bits per heavy atom. The van der Waals surface area contributed by atoms with E-state index in [1.165, 1.54) is 5.56 Å². The summed E-state index contributed by atoms with van der Waals surface area (Å²) < 4.78 is 2.01. The minimum absolute atomic E-state index is 0.401. The minimum atomic E-state index is 0.401. The minimum Gasteiger partial charge on any atom is -0.389 e. The molecule has 0 aliphatic rings. The molecule has 104 valence electrons. The maximum Gasteiger partial charge on any atom is 0.105 e. The number of nitrogens with two attached hydrogens (primary N) is 1. The van der Waals surface area contributed by atoms with Crippen LogP contribution in [0.25, 0.3) is 0 Å². The predicted molar refractivity (Wildman–Crippen MR) is 96.3 cm³/mol. The quantitative estimate of drug-likeness (QED) is 0.749. The highest BCUT2D eigenvalue weighted by Gasteiger charge is 2.07. The van der Waals surface area contributed by atoms with E-state index < -0.39 is 0 Å². The van der Waals surface area contributed by atoms with E-state index in [-0.39, 0.29) is 0 Å². The summed E-state index contributed by atoms with van der Waals surface area (Å²) in [5, 5.41) is 0. The fourth-order valence-corrected chi connectivity index (χ4v) is 3.28. The van der Waals surface area contributed by atoms with Gasteiger partial charge in [0.2, 0.25) is 0 Å². The van der Waals surface area contributed by atoms with Crippen LogP contribution in [0.3, 0.4) is 0 Å². The topological polar surface area (TPSA) is 29.3 Å². The number of rotatable bonds is 4. The average Bonchev–Trinajstić information content (AvgIpc) is 2.38. The molecule has 0 radical (unpaired) electrons. The standard InChI is InChI=1S/C15H14Br2N2S/c1-19(9-10-3-2-4-11(16)7-10)12-5-6-13(15(18)20)14(17)8-12/h2-8H,9H2,1H3,(H2,18,20). The molecule has 0 aromatic heterocycles. The second-order valence-electron chi connectivity index (χ2n) is 4.51.